The Hall–Kier alpha value is -1.02. The van der Waals surface area contributed by atoms with E-state index < -0.39 is 0 Å². The predicted octanol–water partition coefficient (Wildman–Crippen LogP) is 2.71. The topological polar surface area (TPSA) is 23.3 Å². The van der Waals surface area contributed by atoms with Crippen molar-refractivity contribution in [3.8, 4) is 5.75 Å². The summed E-state index contributed by atoms with van der Waals surface area (Å²) in [7, 11) is 0. The zero-order valence-corrected chi connectivity index (χ0v) is 10.3. The number of nitrogens with zero attached hydrogens (tertiary/aromatic N) is 1. The number of fused-ring (bicyclic) bond motifs is 1. The lowest BCUT2D eigenvalue weighted by atomic mass is 9.92. The van der Waals surface area contributed by atoms with Gasteiger partial charge in [-0.1, -0.05) is 6.07 Å². The lowest BCUT2D eigenvalue weighted by Gasteiger charge is -2.24. The smallest absolute Gasteiger partial charge is 0.120 e. The van der Waals surface area contributed by atoms with Gasteiger partial charge in [-0.3, -0.25) is 0 Å². The zero-order chi connectivity index (χ0) is 11.5. The number of hydrogen-bond donors (Lipinski definition) is 0. The van der Waals surface area contributed by atoms with Gasteiger partial charge in [0.1, 0.15) is 11.9 Å². The van der Waals surface area contributed by atoms with Gasteiger partial charge in [-0.15, -0.1) is 0 Å². The number of hydrogen-bond acceptors (Lipinski definition) is 1. The summed E-state index contributed by atoms with van der Waals surface area (Å²) in [5.41, 5.74) is 3.04. The van der Waals surface area contributed by atoms with Gasteiger partial charge in [0.25, 0.3) is 0 Å². The van der Waals surface area contributed by atoms with E-state index in [9.17, 15) is 0 Å². The van der Waals surface area contributed by atoms with E-state index in [0.29, 0.717) is 6.10 Å². The van der Waals surface area contributed by atoms with Crippen LogP contribution < -0.4 is 10.1 Å². The normalized spacial score (nSPS) is 20.9. The minimum absolute atomic E-state index is 0.383. The summed E-state index contributed by atoms with van der Waals surface area (Å²) in [5, 5.41) is 4.36. The number of piperidine rings is 1. The summed E-state index contributed by atoms with van der Waals surface area (Å²) in [6.07, 6.45) is 7.70. The van der Waals surface area contributed by atoms with Gasteiger partial charge in [0.2, 0.25) is 0 Å². The molecule has 1 fully saturated rings. The van der Waals surface area contributed by atoms with Crippen LogP contribution in [0.3, 0.4) is 0 Å². The van der Waals surface area contributed by atoms with Crippen LogP contribution in [0.15, 0.2) is 18.2 Å². The fourth-order valence-corrected chi connectivity index (χ4v) is 2.82. The molecule has 1 aromatic rings. The van der Waals surface area contributed by atoms with E-state index in [1.807, 2.05) is 0 Å². The minimum Gasteiger partial charge on any atom is -0.490 e. The molecule has 0 N–H and O–H groups in total. The van der Waals surface area contributed by atoms with Crippen molar-refractivity contribution in [3.63, 3.8) is 0 Å². The molecule has 3 rings (SSSR count). The van der Waals surface area contributed by atoms with Crippen molar-refractivity contribution in [2.75, 3.05) is 13.1 Å². The van der Waals surface area contributed by atoms with Crippen LogP contribution in [0.4, 0.5) is 0 Å². The van der Waals surface area contributed by atoms with Gasteiger partial charge in [-0.25, -0.2) is 5.32 Å². The molecule has 17 heavy (non-hydrogen) atoms. The molecule has 0 amide bonds. The molecule has 2 nitrogen and oxygen atoms in total. The van der Waals surface area contributed by atoms with E-state index in [-0.39, 0.29) is 0 Å². The van der Waals surface area contributed by atoms with Gasteiger partial charge in [0, 0.05) is 13.1 Å². The van der Waals surface area contributed by atoms with Crippen LogP contribution in [-0.4, -0.2) is 19.2 Å². The molecule has 0 bridgehead atoms. The Labute approximate surface area is 103 Å². The van der Waals surface area contributed by atoms with Crippen molar-refractivity contribution >= 4 is 0 Å². The van der Waals surface area contributed by atoms with Crippen molar-refractivity contribution in [3.05, 3.63) is 29.3 Å². The van der Waals surface area contributed by atoms with Crippen LogP contribution in [0.2, 0.25) is 0 Å². The van der Waals surface area contributed by atoms with Crippen LogP contribution in [0.1, 0.15) is 36.8 Å². The molecule has 1 radical (unpaired) electrons. The molecule has 0 unspecified atom stereocenters. The number of rotatable bonds is 2. The molecular weight excluding hydrogens is 210 g/mol. The highest BCUT2D eigenvalue weighted by Crippen LogP contribution is 2.26. The zero-order valence-electron chi connectivity index (χ0n) is 10.3. The van der Waals surface area contributed by atoms with Gasteiger partial charge in [0.05, 0.1) is 0 Å². The third-order valence-corrected chi connectivity index (χ3v) is 3.84. The predicted molar refractivity (Wildman–Crippen MR) is 68.6 cm³/mol. The van der Waals surface area contributed by atoms with Crippen molar-refractivity contribution in [2.45, 2.75) is 44.6 Å². The third kappa shape index (κ3) is 2.63. The molecule has 1 aromatic carbocycles. The summed E-state index contributed by atoms with van der Waals surface area (Å²) in [6, 6.07) is 6.67. The minimum atomic E-state index is 0.383. The molecule has 91 valence electrons. The Kier molecular flexibility index (Phi) is 3.32. The molecule has 0 aromatic heterocycles. The van der Waals surface area contributed by atoms with Gasteiger partial charge in [0.15, 0.2) is 0 Å². The number of benzene rings is 1. The van der Waals surface area contributed by atoms with Crippen LogP contribution in [0, 0.1) is 0 Å². The molecule has 0 spiro atoms. The molecule has 1 heterocycles. The highest BCUT2D eigenvalue weighted by Gasteiger charge is 2.16. The maximum atomic E-state index is 6.06. The quantitative estimate of drug-likeness (QED) is 0.766. The Morgan fingerprint density at radius 3 is 2.59 bits per heavy atom. The van der Waals surface area contributed by atoms with Crippen LogP contribution >= 0.6 is 0 Å². The lowest BCUT2D eigenvalue weighted by Crippen LogP contribution is -2.30. The third-order valence-electron chi connectivity index (χ3n) is 3.84. The SMILES string of the molecule is c1cc2c(cc1OC1CC[N]CC1)CCCC2. The van der Waals surface area contributed by atoms with Crippen molar-refractivity contribution < 1.29 is 4.74 Å². The Morgan fingerprint density at radius 1 is 1.00 bits per heavy atom. The fraction of sp³-hybridized carbons (Fsp3) is 0.600. The second kappa shape index (κ2) is 5.09. The van der Waals surface area contributed by atoms with Crippen molar-refractivity contribution in [1.82, 2.24) is 5.32 Å². The van der Waals surface area contributed by atoms with Gasteiger partial charge < -0.3 is 4.74 Å². The monoisotopic (exact) mass is 230 g/mol. The summed E-state index contributed by atoms with van der Waals surface area (Å²) >= 11 is 0. The average Bonchev–Trinajstić information content (AvgIpc) is 2.40. The molecule has 1 saturated heterocycles. The highest BCUT2D eigenvalue weighted by molar-refractivity contribution is 5.37. The van der Waals surface area contributed by atoms with Crippen LogP contribution in [0.25, 0.3) is 0 Å². The Bertz CT molecular complexity index is 383. The van der Waals surface area contributed by atoms with E-state index in [1.165, 1.54) is 36.8 Å². The highest BCUT2D eigenvalue weighted by atomic mass is 16.5. The maximum absolute atomic E-state index is 6.06. The number of aryl methyl sites for hydroxylation is 2. The molecule has 0 saturated carbocycles. The van der Waals surface area contributed by atoms with E-state index in [0.717, 1.165) is 31.7 Å². The first kappa shape index (κ1) is 11.1. The van der Waals surface area contributed by atoms with Crippen molar-refractivity contribution in [1.29, 1.82) is 0 Å². The Morgan fingerprint density at radius 2 is 1.76 bits per heavy atom. The average molecular weight is 230 g/mol. The Balaban J connectivity index is 1.70. The molecule has 2 aliphatic rings. The first-order chi connectivity index (χ1) is 8.42. The molecule has 0 atom stereocenters. The summed E-state index contributed by atoms with van der Waals surface area (Å²) in [6.45, 7) is 1.94. The molecule has 2 heteroatoms. The van der Waals surface area contributed by atoms with E-state index >= 15 is 0 Å². The molecular formula is C15H20NO. The lowest BCUT2D eigenvalue weighted by molar-refractivity contribution is 0.161. The standard InChI is InChI=1S/C15H20NO/c1-2-4-13-11-15(6-5-12(13)3-1)17-14-7-9-16-10-8-14/h5-6,11,14H,1-4,7-10H2. The largest absolute Gasteiger partial charge is 0.490 e. The van der Waals surface area contributed by atoms with Crippen LogP contribution in [-0.2, 0) is 12.8 Å². The second-order valence-electron chi connectivity index (χ2n) is 5.13. The molecule has 1 aliphatic carbocycles. The second-order valence-corrected chi connectivity index (χ2v) is 5.13. The van der Waals surface area contributed by atoms with Crippen LogP contribution in [0.5, 0.6) is 5.75 Å². The first-order valence-corrected chi connectivity index (χ1v) is 6.83. The van der Waals surface area contributed by atoms with E-state index in [1.54, 1.807) is 0 Å². The molecule has 1 aliphatic heterocycles. The fourth-order valence-electron chi connectivity index (χ4n) is 2.82. The van der Waals surface area contributed by atoms with Gasteiger partial charge in [-0.05, 0) is 61.8 Å². The summed E-state index contributed by atoms with van der Waals surface area (Å²) < 4.78 is 6.06. The maximum Gasteiger partial charge on any atom is 0.120 e. The first-order valence-electron chi connectivity index (χ1n) is 6.83. The summed E-state index contributed by atoms with van der Waals surface area (Å²) in [4.78, 5) is 0. The summed E-state index contributed by atoms with van der Waals surface area (Å²) in [5.74, 6) is 1.07. The van der Waals surface area contributed by atoms with Gasteiger partial charge >= 0.3 is 0 Å². The van der Waals surface area contributed by atoms with E-state index in [2.05, 4.69) is 23.5 Å². The number of ether oxygens (including phenoxy) is 1. The van der Waals surface area contributed by atoms with Crippen molar-refractivity contribution in [2.24, 2.45) is 0 Å². The van der Waals surface area contributed by atoms with E-state index in [4.69, 9.17) is 4.74 Å². The van der Waals surface area contributed by atoms with Gasteiger partial charge in [-0.2, -0.15) is 0 Å².